The minimum atomic E-state index is 0.474. The summed E-state index contributed by atoms with van der Waals surface area (Å²) in [6.07, 6.45) is 5.81. The van der Waals surface area contributed by atoms with Gasteiger partial charge in [-0.15, -0.1) is 0 Å². The van der Waals surface area contributed by atoms with Crippen LogP contribution in [-0.4, -0.2) is 30.2 Å². The molecular formula is C14H22BrN3. The van der Waals surface area contributed by atoms with Crippen molar-refractivity contribution >= 4 is 21.7 Å². The first-order valence-electron chi connectivity index (χ1n) is 6.78. The van der Waals surface area contributed by atoms with Crippen LogP contribution in [0.4, 0.5) is 5.82 Å². The number of hydrogen-bond acceptors (Lipinski definition) is 3. The van der Waals surface area contributed by atoms with E-state index in [0.29, 0.717) is 12.1 Å². The second kappa shape index (κ2) is 6.53. The summed E-state index contributed by atoms with van der Waals surface area (Å²) in [5.74, 6) is 1.07. The van der Waals surface area contributed by atoms with Crippen molar-refractivity contribution in [3.63, 3.8) is 0 Å². The Balaban J connectivity index is 2.05. The van der Waals surface area contributed by atoms with E-state index in [1.54, 1.807) is 0 Å². The number of anilines is 1. The maximum Gasteiger partial charge on any atom is 0.128 e. The van der Waals surface area contributed by atoms with Crippen LogP contribution >= 0.6 is 15.9 Å². The normalized spacial score (nSPS) is 20.1. The van der Waals surface area contributed by atoms with E-state index in [1.807, 2.05) is 6.20 Å². The van der Waals surface area contributed by atoms with E-state index in [-0.39, 0.29) is 0 Å². The number of halogens is 1. The van der Waals surface area contributed by atoms with Gasteiger partial charge in [-0.3, -0.25) is 0 Å². The maximum absolute atomic E-state index is 4.52. The van der Waals surface area contributed by atoms with Crippen molar-refractivity contribution in [2.24, 2.45) is 0 Å². The van der Waals surface area contributed by atoms with Crippen molar-refractivity contribution in [3.05, 3.63) is 22.8 Å². The third kappa shape index (κ3) is 3.69. The summed E-state index contributed by atoms with van der Waals surface area (Å²) in [6, 6.07) is 5.23. The summed E-state index contributed by atoms with van der Waals surface area (Å²) in [5, 5.41) is 3.61. The second-order valence-corrected chi connectivity index (χ2v) is 6.14. The summed E-state index contributed by atoms with van der Waals surface area (Å²) >= 11 is 3.44. The highest BCUT2D eigenvalue weighted by Gasteiger charge is 2.19. The van der Waals surface area contributed by atoms with Gasteiger partial charge in [0.1, 0.15) is 5.82 Å². The maximum atomic E-state index is 4.52. The standard InChI is InChI=1S/C14H22BrN3/c1-11(2)18(10-13-5-3-4-8-16-13)14-7-6-12(15)9-17-14/h6-7,9,11,13,16H,3-5,8,10H2,1-2H3. The van der Waals surface area contributed by atoms with E-state index in [4.69, 9.17) is 0 Å². The highest BCUT2D eigenvalue weighted by atomic mass is 79.9. The van der Waals surface area contributed by atoms with Gasteiger partial charge in [0.05, 0.1) is 0 Å². The molecule has 1 saturated heterocycles. The summed E-state index contributed by atoms with van der Waals surface area (Å²) in [7, 11) is 0. The Morgan fingerprint density at radius 1 is 1.44 bits per heavy atom. The lowest BCUT2D eigenvalue weighted by atomic mass is 10.0. The molecule has 1 aliphatic heterocycles. The molecule has 0 radical (unpaired) electrons. The Morgan fingerprint density at radius 2 is 2.28 bits per heavy atom. The monoisotopic (exact) mass is 311 g/mol. The van der Waals surface area contributed by atoms with Gasteiger partial charge in [-0.1, -0.05) is 6.42 Å². The van der Waals surface area contributed by atoms with Crippen LogP contribution in [0.15, 0.2) is 22.8 Å². The highest BCUT2D eigenvalue weighted by molar-refractivity contribution is 9.10. The summed E-state index contributed by atoms with van der Waals surface area (Å²) < 4.78 is 1.03. The molecule has 0 amide bonds. The fraction of sp³-hybridized carbons (Fsp3) is 0.643. The molecule has 1 aromatic heterocycles. The molecule has 4 heteroatoms. The van der Waals surface area contributed by atoms with Crippen LogP contribution in [0.2, 0.25) is 0 Å². The van der Waals surface area contributed by atoms with Crippen LogP contribution in [0.5, 0.6) is 0 Å². The van der Waals surface area contributed by atoms with Crippen LogP contribution in [-0.2, 0) is 0 Å². The quantitative estimate of drug-likeness (QED) is 0.925. The smallest absolute Gasteiger partial charge is 0.128 e. The minimum absolute atomic E-state index is 0.474. The average Bonchev–Trinajstić information content (AvgIpc) is 2.38. The first-order chi connectivity index (χ1) is 8.66. The molecule has 3 nitrogen and oxygen atoms in total. The zero-order valence-corrected chi connectivity index (χ0v) is 12.8. The van der Waals surface area contributed by atoms with Gasteiger partial charge in [-0.2, -0.15) is 0 Å². The average molecular weight is 312 g/mol. The fourth-order valence-corrected chi connectivity index (χ4v) is 2.66. The Hall–Kier alpha value is -0.610. The molecule has 0 bridgehead atoms. The topological polar surface area (TPSA) is 28.2 Å². The number of hydrogen-bond donors (Lipinski definition) is 1. The molecule has 1 atom stereocenters. The van der Waals surface area contributed by atoms with Crippen molar-refractivity contribution in [1.29, 1.82) is 0 Å². The van der Waals surface area contributed by atoms with Crippen molar-refractivity contribution in [1.82, 2.24) is 10.3 Å². The summed E-state index contributed by atoms with van der Waals surface area (Å²) in [4.78, 5) is 6.90. The molecule has 100 valence electrons. The number of piperidine rings is 1. The SMILES string of the molecule is CC(C)N(CC1CCCCN1)c1ccc(Br)cn1. The molecule has 0 saturated carbocycles. The van der Waals surface area contributed by atoms with Crippen LogP contribution in [0, 0.1) is 0 Å². The van der Waals surface area contributed by atoms with E-state index >= 15 is 0 Å². The molecule has 1 N–H and O–H groups in total. The van der Waals surface area contributed by atoms with Gasteiger partial charge in [0.2, 0.25) is 0 Å². The largest absolute Gasteiger partial charge is 0.353 e. The first-order valence-corrected chi connectivity index (χ1v) is 7.57. The lowest BCUT2D eigenvalue weighted by molar-refractivity contribution is 0.392. The van der Waals surface area contributed by atoms with Crippen molar-refractivity contribution < 1.29 is 0 Å². The summed E-state index contributed by atoms with van der Waals surface area (Å²) in [5.41, 5.74) is 0. The van der Waals surface area contributed by atoms with Crippen LogP contribution < -0.4 is 10.2 Å². The van der Waals surface area contributed by atoms with Gasteiger partial charge < -0.3 is 10.2 Å². The van der Waals surface area contributed by atoms with Crippen molar-refractivity contribution in [3.8, 4) is 0 Å². The van der Waals surface area contributed by atoms with E-state index < -0.39 is 0 Å². The van der Waals surface area contributed by atoms with E-state index in [1.165, 1.54) is 19.3 Å². The van der Waals surface area contributed by atoms with E-state index in [9.17, 15) is 0 Å². The Morgan fingerprint density at radius 3 is 2.83 bits per heavy atom. The number of pyridine rings is 1. The molecule has 1 fully saturated rings. The zero-order valence-electron chi connectivity index (χ0n) is 11.2. The molecule has 0 aliphatic carbocycles. The molecule has 0 spiro atoms. The lowest BCUT2D eigenvalue weighted by Crippen LogP contribution is -2.46. The molecule has 1 unspecified atom stereocenters. The van der Waals surface area contributed by atoms with E-state index in [2.05, 4.69) is 57.1 Å². The number of rotatable bonds is 4. The van der Waals surface area contributed by atoms with Crippen molar-refractivity contribution in [2.75, 3.05) is 18.0 Å². The number of nitrogens with one attached hydrogen (secondary N) is 1. The molecule has 18 heavy (non-hydrogen) atoms. The van der Waals surface area contributed by atoms with Gasteiger partial charge in [-0.05, 0) is 61.3 Å². The number of nitrogens with zero attached hydrogens (tertiary/aromatic N) is 2. The van der Waals surface area contributed by atoms with Crippen LogP contribution in [0.25, 0.3) is 0 Å². The van der Waals surface area contributed by atoms with Crippen LogP contribution in [0.3, 0.4) is 0 Å². The fourth-order valence-electron chi connectivity index (χ4n) is 2.42. The van der Waals surface area contributed by atoms with Gasteiger partial charge >= 0.3 is 0 Å². The third-order valence-corrected chi connectivity index (χ3v) is 3.93. The lowest BCUT2D eigenvalue weighted by Gasteiger charge is -2.34. The van der Waals surface area contributed by atoms with E-state index in [0.717, 1.165) is 23.4 Å². The van der Waals surface area contributed by atoms with Crippen molar-refractivity contribution in [2.45, 2.75) is 45.2 Å². The molecular weight excluding hydrogens is 290 g/mol. The molecule has 0 aromatic carbocycles. The Bertz CT molecular complexity index is 358. The first kappa shape index (κ1) is 13.8. The zero-order chi connectivity index (χ0) is 13.0. The molecule has 1 aromatic rings. The van der Waals surface area contributed by atoms with Crippen LogP contribution in [0.1, 0.15) is 33.1 Å². The molecule has 1 aliphatic rings. The minimum Gasteiger partial charge on any atom is -0.353 e. The predicted octanol–water partition coefficient (Wildman–Crippen LogP) is 3.20. The van der Waals surface area contributed by atoms with Gasteiger partial charge in [0.15, 0.2) is 0 Å². The highest BCUT2D eigenvalue weighted by Crippen LogP contribution is 2.19. The van der Waals surface area contributed by atoms with Gasteiger partial charge in [0, 0.05) is 29.3 Å². The summed E-state index contributed by atoms with van der Waals surface area (Å²) in [6.45, 7) is 6.66. The predicted molar refractivity (Wildman–Crippen MR) is 80.1 cm³/mol. The van der Waals surface area contributed by atoms with Gasteiger partial charge in [0.25, 0.3) is 0 Å². The number of aromatic nitrogens is 1. The molecule has 2 heterocycles. The molecule has 2 rings (SSSR count). The Labute approximate surface area is 118 Å². The second-order valence-electron chi connectivity index (χ2n) is 5.23. The van der Waals surface area contributed by atoms with Gasteiger partial charge in [-0.25, -0.2) is 4.98 Å². The Kier molecular flexibility index (Phi) is 5.01. The third-order valence-electron chi connectivity index (χ3n) is 3.46.